The van der Waals surface area contributed by atoms with Gasteiger partial charge in [0.1, 0.15) is 17.3 Å². The number of nitrogens with zero attached hydrogens (tertiary/aromatic N) is 2. The molecule has 1 aromatic heterocycles. The van der Waals surface area contributed by atoms with Gasteiger partial charge in [-0.15, -0.1) is 5.10 Å². The van der Waals surface area contributed by atoms with E-state index in [-0.39, 0.29) is 29.7 Å². The molecule has 1 atom stereocenters. The maximum Gasteiger partial charge on any atom is 0.433 e. The van der Waals surface area contributed by atoms with Gasteiger partial charge in [-0.05, 0) is 17.7 Å². The number of aromatic nitrogens is 2. The molecule has 25 heavy (non-hydrogen) atoms. The van der Waals surface area contributed by atoms with Gasteiger partial charge in [0.25, 0.3) is 0 Å². The zero-order chi connectivity index (χ0) is 17.8. The van der Waals surface area contributed by atoms with E-state index in [0.717, 1.165) is 0 Å². The molecule has 0 fully saturated rings. The van der Waals surface area contributed by atoms with Crippen molar-refractivity contribution in [3.63, 3.8) is 0 Å². The van der Waals surface area contributed by atoms with E-state index in [4.69, 9.17) is 19.9 Å². The number of fused-ring (bicyclic) bond motifs is 2. The minimum Gasteiger partial charge on any atom is -0.454 e. The molecule has 2 aliphatic rings. The Morgan fingerprint density at radius 1 is 1.28 bits per heavy atom. The standard InChI is InChI=1S/C15H9F3N4O3/c16-15(17,18)12-11-10(6-1-2-8-9(3-6)24-5-23-8)7(4-19)13(20)25-14(11)22-21-12/h1-3,10H,5,20H2,(H,21,22). The quantitative estimate of drug-likeness (QED) is 0.818. The lowest BCUT2D eigenvalue weighted by Gasteiger charge is -2.24. The topological polar surface area (TPSA) is 106 Å². The van der Waals surface area contributed by atoms with Gasteiger partial charge < -0.3 is 19.9 Å². The predicted molar refractivity (Wildman–Crippen MR) is 75.5 cm³/mol. The highest BCUT2D eigenvalue weighted by molar-refractivity contribution is 5.58. The lowest BCUT2D eigenvalue weighted by molar-refractivity contribution is -0.141. The van der Waals surface area contributed by atoms with E-state index in [1.807, 2.05) is 11.2 Å². The number of allylic oxidation sites excluding steroid dienone is 1. The largest absolute Gasteiger partial charge is 0.454 e. The first kappa shape index (κ1) is 15.2. The van der Waals surface area contributed by atoms with Gasteiger partial charge in [0, 0.05) is 0 Å². The number of hydrogen-bond donors (Lipinski definition) is 2. The Bertz CT molecular complexity index is 942. The third kappa shape index (κ3) is 2.24. The molecule has 3 N–H and O–H groups in total. The number of halogens is 3. The minimum absolute atomic E-state index is 0.0143. The van der Waals surface area contributed by atoms with Crippen molar-refractivity contribution in [3.05, 3.63) is 46.5 Å². The number of rotatable bonds is 1. The normalized spacial score (nSPS) is 18.6. The second kappa shape index (κ2) is 5.07. The van der Waals surface area contributed by atoms with Crippen LogP contribution in [-0.4, -0.2) is 17.0 Å². The molecular formula is C15H9F3N4O3. The van der Waals surface area contributed by atoms with E-state index in [9.17, 15) is 18.4 Å². The zero-order valence-corrected chi connectivity index (χ0v) is 12.3. The molecule has 0 saturated heterocycles. The van der Waals surface area contributed by atoms with E-state index < -0.39 is 17.8 Å². The van der Waals surface area contributed by atoms with Gasteiger partial charge in [-0.1, -0.05) is 6.07 Å². The van der Waals surface area contributed by atoms with Crippen LogP contribution in [0.15, 0.2) is 29.7 Å². The van der Waals surface area contributed by atoms with E-state index in [2.05, 4.69) is 5.10 Å². The Labute approximate surface area is 138 Å². The number of H-pyrrole nitrogens is 1. The van der Waals surface area contributed by atoms with Crippen LogP contribution in [0.2, 0.25) is 0 Å². The Hall–Kier alpha value is -3.35. The van der Waals surface area contributed by atoms with Gasteiger partial charge in [0.2, 0.25) is 18.6 Å². The van der Waals surface area contributed by atoms with Crippen LogP contribution in [0.4, 0.5) is 13.2 Å². The van der Waals surface area contributed by atoms with Gasteiger partial charge in [-0.2, -0.15) is 18.4 Å². The summed E-state index contributed by atoms with van der Waals surface area (Å²) in [6, 6.07) is 6.45. The summed E-state index contributed by atoms with van der Waals surface area (Å²) in [5.74, 6) is -0.865. The van der Waals surface area contributed by atoms with Crippen molar-refractivity contribution < 1.29 is 27.4 Å². The van der Waals surface area contributed by atoms with Crippen molar-refractivity contribution in [2.24, 2.45) is 5.73 Å². The number of nitriles is 1. The SMILES string of the molecule is N#CC1=C(N)Oc2n[nH]c(C(F)(F)F)c2C1c1ccc2c(c1)OCO2. The van der Waals surface area contributed by atoms with E-state index in [0.29, 0.717) is 17.1 Å². The highest BCUT2D eigenvalue weighted by atomic mass is 19.4. The number of ether oxygens (including phenoxy) is 3. The first-order valence-electron chi connectivity index (χ1n) is 7.02. The van der Waals surface area contributed by atoms with Crippen molar-refractivity contribution >= 4 is 0 Å². The summed E-state index contributed by atoms with van der Waals surface area (Å²) in [7, 11) is 0. The molecule has 7 nitrogen and oxygen atoms in total. The maximum absolute atomic E-state index is 13.3. The smallest absolute Gasteiger partial charge is 0.433 e. The van der Waals surface area contributed by atoms with E-state index in [1.54, 1.807) is 12.1 Å². The van der Waals surface area contributed by atoms with Crippen LogP contribution >= 0.6 is 0 Å². The first-order chi connectivity index (χ1) is 11.9. The lowest BCUT2D eigenvalue weighted by Crippen LogP contribution is -2.22. The fourth-order valence-corrected chi connectivity index (χ4v) is 2.89. The number of nitrogens with one attached hydrogen (secondary N) is 1. The molecule has 0 spiro atoms. The number of hydrogen-bond acceptors (Lipinski definition) is 6. The number of alkyl halides is 3. The minimum atomic E-state index is -4.70. The van der Waals surface area contributed by atoms with E-state index >= 15 is 0 Å². The fraction of sp³-hybridized carbons (Fsp3) is 0.200. The second-order valence-corrected chi connectivity index (χ2v) is 5.35. The summed E-state index contributed by atoms with van der Waals surface area (Å²) in [6.07, 6.45) is -4.70. The molecule has 128 valence electrons. The molecule has 1 unspecified atom stereocenters. The van der Waals surface area contributed by atoms with E-state index in [1.165, 1.54) is 6.07 Å². The average Bonchev–Trinajstić information content (AvgIpc) is 3.18. The first-order valence-corrected chi connectivity index (χ1v) is 7.02. The summed E-state index contributed by atoms with van der Waals surface area (Å²) in [5.41, 5.74) is 4.56. The summed E-state index contributed by atoms with van der Waals surface area (Å²) in [5, 5.41) is 14.9. The lowest BCUT2D eigenvalue weighted by atomic mass is 9.84. The molecule has 0 saturated carbocycles. The highest BCUT2D eigenvalue weighted by Crippen LogP contribution is 2.48. The molecule has 10 heteroatoms. The molecule has 2 aliphatic heterocycles. The van der Waals surface area contributed by atoms with Crippen LogP contribution in [0.3, 0.4) is 0 Å². The van der Waals surface area contributed by atoms with Crippen LogP contribution in [0.5, 0.6) is 17.4 Å². The number of nitrogens with two attached hydrogens (primary N) is 1. The zero-order valence-electron chi connectivity index (χ0n) is 12.3. The average molecular weight is 350 g/mol. The van der Waals surface area contributed by atoms with Crippen molar-refractivity contribution in [1.29, 1.82) is 5.26 Å². The fourth-order valence-electron chi connectivity index (χ4n) is 2.89. The van der Waals surface area contributed by atoms with Gasteiger partial charge >= 0.3 is 6.18 Å². The van der Waals surface area contributed by atoms with Crippen LogP contribution in [-0.2, 0) is 6.18 Å². The Kier molecular flexibility index (Phi) is 3.08. The summed E-state index contributed by atoms with van der Waals surface area (Å²) in [4.78, 5) is 0. The molecule has 4 rings (SSSR count). The molecular weight excluding hydrogens is 341 g/mol. The van der Waals surface area contributed by atoms with Crippen LogP contribution in [0.1, 0.15) is 22.7 Å². The van der Waals surface area contributed by atoms with Gasteiger partial charge in [0.05, 0.1) is 11.5 Å². The third-order valence-corrected chi connectivity index (χ3v) is 3.95. The Morgan fingerprint density at radius 2 is 2.04 bits per heavy atom. The maximum atomic E-state index is 13.3. The number of aromatic amines is 1. The van der Waals surface area contributed by atoms with Crippen LogP contribution < -0.4 is 19.9 Å². The summed E-state index contributed by atoms with van der Waals surface area (Å²) in [6.45, 7) is 0.0143. The van der Waals surface area contributed by atoms with Crippen molar-refractivity contribution in [2.75, 3.05) is 6.79 Å². The second-order valence-electron chi connectivity index (χ2n) is 5.35. The molecule has 0 aliphatic carbocycles. The van der Waals surface area contributed by atoms with Gasteiger partial charge in [0.15, 0.2) is 11.5 Å². The molecule has 0 amide bonds. The van der Waals surface area contributed by atoms with Gasteiger partial charge in [-0.25, -0.2) is 0 Å². The Morgan fingerprint density at radius 3 is 2.76 bits per heavy atom. The van der Waals surface area contributed by atoms with Crippen molar-refractivity contribution in [2.45, 2.75) is 12.1 Å². The predicted octanol–water partition coefficient (Wildman–Crippen LogP) is 2.38. The molecule has 3 heterocycles. The van der Waals surface area contributed by atoms with Crippen molar-refractivity contribution in [1.82, 2.24) is 10.2 Å². The monoisotopic (exact) mass is 350 g/mol. The van der Waals surface area contributed by atoms with Crippen LogP contribution in [0, 0.1) is 11.3 Å². The highest BCUT2D eigenvalue weighted by Gasteiger charge is 2.44. The third-order valence-electron chi connectivity index (χ3n) is 3.95. The molecule has 2 aromatic rings. The number of benzene rings is 1. The van der Waals surface area contributed by atoms with Gasteiger partial charge in [-0.3, -0.25) is 5.10 Å². The van der Waals surface area contributed by atoms with Crippen LogP contribution in [0.25, 0.3) is 0 Å². The molecule has 0 bridgehead atoms. The summed E-state index contributed by atoms with van der Waals surface area (Å²) >= 11 is 0. The Balaban J connectivity index is 1.94. The molecule has 1 aromatic carbocycles. The summed E-state index contributed by atoms with van der Waals surface area (Å²) < 4.78 is 55.6. The van der Waals surface area contributed by atoms with Crippen molar-refractivity contribution in [3.8, 4) is 23.4 Å². The molecule has 0 radical (unpaired) electrons.